The van der Waals surface area contributed by atoms with Gasteiger partial charge >= 0.3 is 0 Å². The highest BCUT2D eigenvalue weighted by atomic mass is 19.1. The molecule has 5 rings (SSSR count). The number of carbonyl (C=O) groups excluding carboxylic acids is 1. The fourth-order valence-corrected chi connectivity index (χ4v) is 4.56. The minimum atomic E-state index is -0.837. The van der Waals surface area contributed by atoms with Crippen molar-refractivity contribution in [2.24, 2.45) is 5.73 Å². The van der Waals surface area contributed by atoms with Crippen LogP contribution in [0, 0.1) is 6.92 Å². The predicted octanol–water partition coefficient (Wildman–Crippen LogP) is 2.74. The molecule has 3 aromatic heterocycles. The Balaban J connectivity index is 0.000000556. The molecular weight excluding hydrogens is 463 g/mol. The number of hydrogen-bond acceptors (Lipinski definition) is 8. The summed E-state index contributed by atoms with van der Waals surface area (Å²) in [5.74, 6) is 0.693. The second-order valence-corrected chi connectivity index (χ2v) is 9.65. The van der Waals surface area contributed by atoms with Crippen molar-refractivity contribution >= 4 is 34.5 Å². The fraction of sp³-hybridized carbons (Fsp3) is 0.542. The molecule has 36 heavy (non-hydrogen) atoms. The number of alkyl halides is 1. The first-order valence-corrected chi connectivity index (χ1v) is 12.2. The molecule has 2 unspecified atom stereocenters. The summed E-state index contributed by atoms with van der Waals surface area (Å²) in [6.45, 7) is 12.4. The van der Waals surface area contributed by atoms with Crippen LogP contribution in [-0.4, -0.2) is 79.5 Å². The number of imidazole rings is 1. The second-order valence-electron chi connectivity index (χ2n) is 9.65. The van der Waals surface area contributed by atoms with Crippen molar-refractivity contribution in [1.29, 1.82) is 0 Å². The number of fused-ring (bicyclic) bond motifs is 1. The Bertz CT molecular complexity index is 1240. The molecule has 0 saturated carbocycles. The SMILES string of the molecule is C=CC(N)=O.Cc1c(Nc2nc(N3CCC(F)C3)nc3c2ncn3C(C)C)cnn1C1CCN(C)C1. The van der Waals surface area contributed by atoms with Gasteiger partial charge in [0.25, 0.3) is 0 Å². The number of nitrogens with zero attached hydrogens (tertiary/aromatic N) is 8. The van der Waals surface area contributed by atoms with E-state index in [0.29, 0.717) is 42.8 Å². The molecule has 0 aliphatic carbocycles. The Hall–Kier alpha value is -3.54. The number of amides is 1. The van der Waals surface area contributed by atoms with Crippen molar-refractivity contribution in [3.63, 3.8) is 0 Å². The van der Waals surface area contributed by atoms with E-state index in [1.807, 2.05) is 15.7 Å². The maximum atomic E-state index is 13.9. The molecule has 2 aliphatic rings. The summed E-state index contributed by atoms with van der Waals surface area (Å²) >= 11 is 0. The van der Waals surface area contributed by atoms with Crippen LogP contribution >= 0.6 is 0 Å². The van der Waals surface area contributed by atoms with Crippen molar-refractivity contribution in [1.82, 2.24) is 34.2 Å². The van der Waals surface area contributed by atoms with Crippen LogP contribution in [-0.2, 0) is 4.79 Å². The standard InChI is InChI=1S/C21H30FN9.C3H5NO/c1-13(2)30-12-23-18-19(26-21(27-20(18)30)29-8-5-15(22)10-29)25-17-9-24-31(14(17)3)16-6-7-28(4)11-16;1-2-3(4)5/h9,12-13,15-16H,5-8,10-11H2,1-4H3,(H,25,26,27);2H,1H2,(H2,4,5). The van der Waals surface area contributed by atoms with Crippen LogP contribution in [0.2, 0.25) is 0 Å². The van der Waals surface area contributed by atoms with Gasteiger partial charge in [-0.15, -0.1) is 0 Å². The van der Waals surface area contributed by atoms with E-state index in [2.05, 4.69) is 65.1 Å². The molecule has 0 radical (unpaired) electrons. The monoisotopic (exact) mass is 498 g/mol. The molecule has 11 nitrogen and oxygen atoms in total. The molecule has 0 aromatic carbocycles. The van der Waals surface area contributed by atoms with E-state index in [1.165, 1.54) is 0 Å². The third-order valence-corrected chi connectivity index (χ3v) is 6.59. The maximum absolute atomic E-state index is 13.9. The number of rotatable bonds is 6. The summed E-state index contributed by atoms with van der Waals surface area (Å²) in [6.07, 6.45) is 5.48. The van der Waals surface area contributed by atoms with Gasteiger partial charge in [-0.25, -0.2) is 9.37 Å². The molecular formula is C24H35FN10O. The lowest BCUT2D eigenvalue weighted by atomic mass is 10.2. The van der Waals surface area contributed by atoms with Crippen molar-refractivity contribution < 1.29 is 9.18 Å². The first-order chi connectivity index (χ1) is 17.2. The Morgan fingerprint density at radius 3 is 2.61 bits per heavy atom. The maximum Gasteiger partial charge on any atom is 0.240 e. The molecule has 2 aliphatic heterocycles. The number of likely N-dealkylation sites (tertiary alicyclic amines) is 1. The van der Waals surface area contributed by atoms with E-state index >= 15 is 0 Å². The van der Waals surface area contributed by atoms with E-state index in [0.717, 1.165) is 42.6 Å². The van der Waals surface area contributed by atoms with Gasteiger partial charge in [0.15, 0.2) is 17.0 Å². The normalized spacial score (nSPS) is 20.1. The van der Waals surface area contributed by atoms with Crippen LogP contribution in [0.15, 0.2) is 25.2 Å². The average Bonchev–Trinajstić information content (AvgIpc) is 3.62. The summed E-state index contributed by atoms with van der Waals surface area (Å²) in [5, 5.41) is 8.10. The van der Waals surface area contributed by atoms with Crippen molar-refractivity contribution in [2.45, 2.75) is 51.9 Å². The first kappa shape index (κ1) is 25.5. The molecule has 1 amide bonds. The highest BCUT2D eigenvalue weighted by molar-refractivity contribution is 5.87. The van der Waals surface area contributed by atoms with Gasteiger partial charge in [0.2, 0.25) is 11.9 Å². The van der Waals surface area contributed by atoms with Gasteiger partial charge in [0, 0.05) is 19.1 Å². The molecule has 5 heterocycles. The summed E-state index contributed by atoms with van der Waals surface area (Å²) in [7, 11) is 2.14. The minimum Gasteiger partial charge on any atom is -0.366 e. The van der Waals surface area contributed by atoms with Crippen molar-refractivity contribution in [2.75, 3.05) is 43.4 Å². The lowest BCUT2D eigenvalue weighted by Gasteiger charge is -2.18. The molecule has 2 saturated heterocycles. The van der Waals surface area contributed by atoms with Crippen LogP contribution in [0.25, 0.3) is 11.2 Å². The smallest absolute Gasteiger partial charge is 0.240 e. The second kappa shape index (κ2) is 10.6. The van der Waals surface area contributed by atoms with Crippen LogP contribution in [0.4, 0.5) is 21.8 Å². The van der Waals surface area contributed by atoms with E-state index in [-0.39, 0.29) is 6.04 Å². The number of aromatic nitrogens is 6. The number of anilines is 3. The van der Waals surface area contributed by atoms with Crippen LogP contribution < -0.4 is 16.0 Å². The highest BCUT2D eigenvalue weighted by Gasteiger charge is 2.27. The van der Waals surface area contributed by atoms with Gasteiger partial charge in [-0.3, -0.25) is 9.48 Å². The fourth-order valence-electron chi connectivity index (χ4n) is 4.56. The Morgan fingerprint density at radius 1 is 1.28 bits per heavy atom. The van der Waals surface area contributed by atoms with Gasteiger partial charge in [0.05, 0.1) is 36.5 Å². The lowest BCUT2D eigenvalue weighted by Crippen LogP contribution is -2.23. The summed E-state index contributed by atoms with van der Waals surface area (Å²) < 4.78 is 18.0. The van der Waals surface area contributed by atoms with Gasteiger partial charge in [-0.2, -0.15) is 15.1 Å². The molecule has 194 valence electrons. The van der Waals surface area contributed by atoms with Gasteiger partial charge in [0.1, 0.15) is 6.17 Å². The quantitative estimate of drug-likeness (QED) is 0.498. The Morgan fingerprint density at radius 2 is 2.03 bits per heavy atom. The largest absolute Gasteiger partial charge is 0.366 e. The Labute approximate surface area is 210 Å². The van der Waals surface area contributed by atoms with E-state index in [1.54, 1.807) is 6.33 Å². The molecule has 2 atom stereocenters. The van der Waals surface area contributed by atoms with Crippen LogP contribution in [0.5, 0.6) is 0 Å². The summed E-state index contributed by atoms with van der Waals surface area (Å²) in [4.78, 5) is 27.8. The molecule has 3 N–H and O–H groups in total. The van der Waals surface area contributed by atoms with Crippen molar-refractivity contribution in [3.8, 4) is 0 Å². The lowest BCUT2D eigenvalue weighted by molar-refractivity contribution is -0.113. The number of nitrogens with two attached hydrogens (primary N) is 1. The molecule has 2 fully saturated rings. The van der Waals surface area contributed by atoms with Crippen molar-refractivity contribution in [3.05, 3.63) is 30.9 Å². The number of carbonyl (C=O) groups is 1. The van der Waals surface area contributed by atoms with E-state index in [4.69, 9.17) is 9.97 Å². The van der Waals surface area contributed by atoms with Crippen LogP contribution in [0.1, 0.15) is 44.5 Å². The zero-order valence-corrected chi connectivity index (χ0v) is 21.4. The zero-order valence-electron chi connectivity index (χ0n) is 21.4. The molecule has 12 heteroatoms. The molecule has 0 spiro atoms. The van der Waals surface area contributed by atoms with E-state index < -0.39 is 12.1 Å². The van der Waals surface area contributed by atoms with E-state index in [9.17, 15) is 9.18 Å². The van der Waals surface area contributed by atoms with Crippen LogP contribution in [0.3, 0.4) is 0 Å². The number of likely N-dealkylation sites (N-methyl/N-ethyl adjacent to an activating group) is 1. The highest BCUT2D eigenvalue weighted by Crippen LogP contribution is 2.31. The third kappa shape index (κ3) is 5.32. The van der Waals surface area contributed by atoms with Gasteiger partial charge < -0.3 is 25.4 Å². The predicted molar refractivity (Wildman–Crippen MR) is 138 cm³/mol. The summed E-state index contributed by atoms with van der Waals surface area (Å²) in [6, 6.07) is 0.588. The minimum absolute atomic E-state index is 0.206. The zero-order chi connectivity index (χ0) is 26.0. The summed E-state index contributed by atoms with van der Waals surface area (Å²) in [5.41, 5.74) is 7.98. The third-order valence-electron chi connectivity index (χ3n) is 6.59. The number of halogens is 1. The first-order valence-electron chi connectivity index (χ1n) is 12.2. The van der Waals surface area contributed by atoms with Gasteiger partial charge in [-0.1, -0.05) is 6.58 Å². The number of hydrogen-bond donors (Lipinski definition) is 2. The molecule has 0 bridgehead atoms. The molecule has 3 aromatic rings. The average molecular weight is 499 g/mol. The topological polar surface area (TPSA) is 123 Å². The number of nitrogens with one attached hydrogen (secondary N) is 1. The van der Waals surface area contributed by atoms with Gasteiger partial charge in [-0.05, 0) is 53.3 Å². The Kier molecular flexibility index (Phi) is 7.53. The number of primary amides is 1.